The fourth-order valence-electron chi connectivity index (χ4n) is 7.74. The number of rotatable bonds is 6. The van der Waals surface area contributed by atoms with Crippen molar-refractivity contribution in [3.63, 3.8) is 0 Å². The molecule has 0 aliphatic carbocycles. The van der Waals surface area contributed by atoms with E-state index in [4.69, 9.17) is 0 Å². The maximum Gasteiger partial charge on any atom is 0.0548 e. The van der Waals surface area contributed by atoms with Crippen LogP contribution in [0.15, 0.2) is 193 Å². The molecule has 0 fully saturated rings. The highest BCUT2D eigenvalue weighted by molar-refractivity contribution is 9.10. The quantitative estimate of drug-likeness (QED) is 0.164. The Labute approximate surface area is 314 Å². The molecule has 0 saturated heterocycles. The van der Waals surface area contributed by atoms with E-state index in [-0.39, 0.29) is 0 Å². The summed E-state index contributed by atoms with van der Waals surface area (Å²) in [5.74, 6) is 0. The molecular weight excluding hydrogens is 717 g/mol. The van der Waals surface area contributed by atoms with E-state index in [2.05, 4.69) is 213 Å². The number of halogens is 1. The summed E-state index contributed by atoms with van der Waals surface area (Å²) in [4.78, 5) is 2.42. The van der Waals surface area contributed by atoms with Gasteiger partial charge in [-0.15, -0.1) is 11.3 Å². The first-order valence-electron chi connectivity index (χ1n) is 17.5. The molecular formula is C48H31BrN2S. The molecule has 0 spiro atoms. The molecule has 0 atom stereocenters. The largest absolute Gasteiger partial charge is 0.310 e. The summed E-state index contributed by atoms with van der Waals surface area (Å²) >= 11 is 5.74. The summed E-state index contributed by atoms with van der Waals surface area (Å²) in [6, 6.07) is 68.0. The molecule has 0 radical (unpaired) electrons. The molecule has 0 N–H and O–H groups in total. The zero-order chi connectivity index (χ0) is 34.6. The zero-order valence-corrected chi connectivity index (χ0v) is 30.5. The molecule has 0 aliphatic rings. The molecule has 10 rings (SSSR count). The van der Waals surface area contributed by atoms with Crippen molar-refractivity contribution in [1.82, 2.24) is 4.57 Å². The maximum absolute atomic E-state index is 3.87. The molecule has 10 aromatic rings. The van der Waals surface area contributed by atoms with E-state index in [9.17, 15) is 0 Å². The van der Waals surface area contributed by atoms with Gasteiger partial charge in [0.2, 0.25) is 0 Å². The van der Waals surface area contributed by atoms with Crippen molar-refractivity contribution >= 4 is 86.3 Å². The second-order valence-electron chi connectivity index (χ2n) is 13.0. The summed E-state index contributed by atoms with van der Waals surface area (Å²) in [7, 11) is 0. The summed E-state index contributed by atoms with van der Waals surface area (Å²) in [5, 5.41) is 5.14. The van der Waals surface area contributed by atoms with Crippen LogP contribution >= 0.6 is 27.3 Å². The standard InChI is InChI=1S/C48H31BrN2S/c49-41-20-10-7-17-37(41)38-18-8-11-21-42(38)50(35-25-23-33(24-26-35)32-13-3-1-4-14-32)36-27-28-43-40(31-36)47-44(51(43)34-15-5-2-6-16-34)29-30-46-48(47)39-19-9-12-22-45(39)52-46/h1-31H. The van der Waals surface area contributed by atoms with E-state index in [0.29, 0.717) is 0 Å². The lowest BCUT2D eigenvalue weighted by atomic mass is 10.0. The van der Waals surface area contributed by atoms with Gasteiger partial charge in [0.25, 0.3) is 0 Å². The average molecular weight is 748 g/mol. The van der Waals surface area contributed by atoms with Crippen molar-refractivity contribution in [2.75, 3.05) is 4.90 Å². The molecule has 52 heavy (non-hydrogen) atoms. The van der Waals surface area contributed by atoms with Crippen LogP contribution in [0, 0.1) is 0 Å². The number of hydrogen-bond acceptors (Lipinski definition) is 2. The molecule has 0 amide bonds. The van der Waals surface area contributed by atoms with E-state index in [1.54, 1.807) is 0 Å². The lowest BCUT2D eigenvalue weighted by Gasteiger charge is -2.28. The van der Waals surface area contributed by atoms with Crippen LogP contribution < -0.4 is 4.90 Å². The van der Waals surface area contributed by atoms with Gasteiger partial charge in [0.1, 0.15) is 0 Å². The number of thiophene rings is 1. The van der Waals surface area contributed by atoms with Crippen molar-refractivity contribution in [3.05, 3.63) is 193 Å². The van der Waals surface area contributed by atoms with E-state index < -0.39 is 0 Å². The highest BCUT2D eigenvalue weighted by Crippen LogP contribution is 2.47. The van der Waals surface area contributed by atoms with Crippen molar-refractivity contribution in [2.24, 2.45) is 0 Å². The Morgan fingerprint density at radius 2 is 1.08 bits per heavy atom. The van der Waals surface area contributed by atoms with E-state index in [0.717, 1.165) is 38.3 Å². The van der Waals surface area contributed by atoms with Crippen molar-refractivity contribution < 1.29 is 0 Å². The number of anilines is 3. The van der Waals surface area contributed by atoms with Crippen LogP contribution in [0.5, 0.6) is 0 Å². The first kappa shape index (κ1) is 30.8. The normalized spacial score (nSPS) is 11.6. The number of nitrogens with zero attached hydrogens (tertiary/aromatic N) is 2. The molecule has 2 heterocycles. The minimum atomic E-state index is 1.06. The van der Waals surface area contributed by atoms with Crippen LogP contribution in [0.2, 0.25) is 0 Å². The van der Waals surface area contributed by atoms with E-state index in [1.165, 1.54) is 53.1 Å². The van der Waals surface area contributed by atoms with Crippen LogP contribution in [0.25, 0.3) is 69.9 Å². The Morgan fingerprint density at radius 1 is 0.442 bits per heavy atom. The molecule has 4 heteroatoms. The second-order valence-corrected chi connectivity index (χ2v) is 15.0. The van der Waals surface area contributed by atoms with Gasteiger partial charge in [-0.25, -0.2) is 0 Å². The third-order valence-corrected chi connectivity index (χ3v) is 11.9. The van der Waals surface area contributed by atoms with Gasteiger partial charge in [-0.3, -0.25) is 0 Å². The highest BCUT2D eigenvalue weighted by atomic mass is 79.9. The third-order valence-electron chi connectivity index (χ3n) is 10.1. The second kappa shape index (κ2) is 12.7. The molecule has 0 bridgehead atoms. The predicted molar refractivity (Wildman–Crippen MR) is 227 cm³/mol. The molecule has 0 aliphatic heterocycles. The first-order valence-corrected chi connectivity index (χ1v) is 19.1. The number of fused-ring (bicyclic) bond motifs is 7. The SMILES string of the molecule is Brc1ccccc1-c1ccccc1N(c1ccc(-c2ccccc2)cc1)c1ccc2c(c1)c1c3c(ccc1n2-c1ccccc1)sc1ccccc13. The zero-order valence-electron chi connectivity index (χ0n) is 28.1. The Balaban J connectivity index is 1.27. The van der Waals surface area contributed by atoms with Gasteiger partial charge in [-0.2, -0.15) is 0 Å². The van der Waals surface area contributed by atoms with Crippen LogP contribution in [-0.2, 0) is 0 Å². The van der Waals surface area contributed by atoms with Gasteiger partial charge in [0.15, 0.2) is 0 Å². The Bertz CT molecular complexity index is 2910. The van der Waals surface area contributed by atoms with E-state index >= 15 is 0 Å². The lowest BCUT2D eigenvalue weighted by molar-refractivity contribution is 1.18. The van der Waals surface area contributed by atoms with E-state index in [1.807, 2.05) is 11.3 Å². The molecule has 2 aromatic heterocycles. The molecule has 0 saturated carbocycles. The van der Waals surface area contributed by atoms with Gasteiger partial charge in [0, 0.05) is 58.0 Å². The van der Waals surface area contributed by atoms with Gasteiger partial charge < -0.3 is 9.47 Å². The van der Waals surface area contributed by atoms with Gasteiger partial charge in [-0.05, 0) is 89.5 Å². The smallest absolute Gasteiger partial charge is 0.0548 e. The summed E-state index contributed by atoms with van der Waals surface area (Å²) in [6.45, 7) is 0. The Kier molecular flexibility index (Phi) is 7.52. The topological polar surface area (TPSA) is 8.17 Å². The Morgan fingerprint density at radius 3 is 1.88 bits per heavy atom. The molecule has 246 valence electrons. The average Bonchev–Trinajstić information content (AvgIpc) is 3.75. The summed E-state index contributed by atoms with van der Waals surface area (Å²) in [6.07, 6.45) is 0. The first-order chi connectivity index (χ1) is 25.7. The molecule has 8 aromatic carbocycles. The minimum absolute atomic E-state index is 1.06. The highest BCUT2D eigenvalue weighted by Gasteiger charge is 2.22. The van der Waals surface area contributed by atoms with Crippen LogP contribution in [-0.4, -0.2) is 4.57 Å². The molecule has 2 nitrogen and oxygen atoms in total. The fraction of sp³-hybridized carbons (Fsp3) is 0. The third kappa shape index (κ3) is 5.06. The van der Waals surface area contributed by atoms with Crippen LogP contribution in [0.4, 0.5) is 17.1 Å². The lowest BCUT2D eigenvalue weighted by Crippen LogP contribution is -2.11. The van der Waals surface area contributed by atoms with Gasteiger partial charge in [0.05, 0.1) is 16.7 Å². The summed E-state index contributed by atoms with van der Waals surface area (Å²) in [5.41, 5.74) is 11.6. The summed E-state index contributed by atoms with van der Waals surface area (Å²) < 4.78 is 6.10. The van der Waals surface area contributed by atoms with Crippen molar-refractivity contribution in [3.8, 4) is 27.9 Å². The number of hydrogen-bond donors (Lipinski definition) is 0. The van der Waals surface area contributed by atoms with Crippen LogP contribution in [0.3, 0.4) is 0 Å². The minimum Gasteiger partial charge on any atom is -0.310 e. The number of aromatic nitrogens is 1. The number of para-hydroxylation sites is 2. The maximum atomic E-state index is 3.87. The van der Waals surface area contributed by atoms with Gasteiger partial charge >= 0.3 is 0 Å². The van der Waals surface area contributed by atoms with Crippen molar-refractivity contribution in [1.29, 1.82) is 0 Å². The van der Waals surface area contributed by atoms with Crippen molar-refractivity contribution in [2.45, 2.75) is 0 Å². The monoisotopic (exact) mass is 746 g/mol. The molecule has 0 unspecified atom stereocenters. The van der Waals surface area contributed by atoms with Crippen LogP contribution in [0.1, 0.15) is 0 Å². The number of benzene rings is 8. The Hall–Kier alpha value is -5.94. The fourth-order valence-corrected chi connectivity index (χ4v) is 9.36. The van der Waals surface area contributed by atoms with Gasteiger partial charge in [-0.1, -0.05) is 131 Å². The predicted octanol–water partition coefficient (Wildman–Crippen LogP) is 14.7.